The van der Waals surface area contributed by atoms with Gasteiger partial charge < -0.3 is 23.7 Å². The van der Waals surface area contributed by atoms with Gasteiger partial charge in [0.25, 0.3) is 0 Å². The molecule has 0 aliphatic carbocycles. The highest BCUT2D eigenvalue weighted by Crippen LogP contribution is 2.22. The van der Waals surface area contributed by atoms with Gasteiger partial charge in [0.1, 0.15) is 11.5 Å². The lowest BCUT2D eigenvalue weighted by Gasteiger charge is -2.04. The van der Waals surface area contributed by atoms with Gasteiger partial charge in [-0.25, -0.2) is 0 Å². The standard InChI is InChI=1S/C14H16O.C13H14O.C10H14O.C9H12O.C3H8.C2H6O.C2H6S/c1-3-11-4-6-14-9-12(10-15-2)5-7-13(14)8-11;1-3-10-4-5-12-9-13(14-2)7-6-11(12)8-10;1-3-9-4-6-10(7-5-9)8-11-2;1-3-8-4-6-9(10-2)7-5-8;3*1-3-2/h4-9H,3,10H2,1-2H3;4-9H,3H2,1-2H3;4-7H,3,8H2,1-2H3;4-7H,3H2,1-2H3;3H2,1-2H3;2*1-2H3. The minimum atomic E-state index is 0.686. The number of methoxy groups -OCH3 is 5. The van der Waals surface area contributed by atoms with Crippen LogP contribution in [0.25, 0.3) is 21.5 Å². The highest BCUT2D eigenvalue weighted by molar-refractivity contribution is 7.97. The van der Waals surface area contributed by atoms with Gasteiger partial charge >= 0.3 is 0 Å². The Morgan fingerprint density at radius 3 is 1.00 bits per heavy atom. The first-order chi connectivity index (χ1) is 28.6. The van der Waals surface area contributed by atoms with Crippen LogP contribution in [-0.4, -0.2) is 55.2 Å². The van der Waals surface area contributed by atoms with E-state index in [1.807, 2.05) is 30.7 Å². The van der Waals surface area contributed by atoms with Gasteiger partial charge in [-0.3, -0.25) is 0 Å². The molecule has 6 aromatic carbocycles. The molecule has 0 bridgehead atoms. The fourth-order valence-corrected chi connectivity index (χ4v) is 5.34. The number of thioether (sulfide) groups is 1. The zero-order chi connectivity index (χ0) is 44.3. The fraction of sp³-hybridized carbons (Fsp3) is 0.396. The lowest BCUT2D eigenvalue weighted by Crippen LogP contribution is -1.87. The van der Waals surface area contributed by atoms with Crippen molar-refractivity contribution in [1.29, 1.82) is 0 Å². The van der Waals surface area contributed by atoms with E-state index >= 15 is 0 Å². The van der Waals surface area contributed by atoms with Gasteiger partial charge in [-0.1, -0.05) is 139 Å². The minimum Gasteiger partial charge on any atom is -0.497 e. The predicted molar refractivity (Wildman–Crippen MR) is 261 cm³/mol. The zero-order valence-corrected chi connectivity index (χ0v) is 39.8. The maximum Gasteiger partial charge on any atom is 0.119 e. The van der Waals surface area contributed by atoms with Crippen molar-refractivity contribution in [3.05, 3.63) is 155 Å². The first-order valence-corrected chi connectivity index (χ1v) is 22.3. The van der Waals surface area contributed by atoms with Crippen LogP contribution in [0.3, 0.4) is 0 Å². The summed E-state index contributed by atoms with van der Waals surface area (Å²) in [6, 6.07) is 42.5. The molecular weight excluding hydrogens is 749 g/mol. The van der Waals surface area contributed by atoms with E-state index in [-0.39, 0.29) is 0 Å². The average molecular weight is 825 g/mol. The summed E-state index contributed by atoms with van der Waals surface area (Å²) in [5.74, 6) is 1.85. The van der Waals surface area contributed by atoms with E-state index < -0.39 is 0 Å². The Morgan fingerprint density at radius 2 is 0.627 bits per heavy atom. The van der Waals surface area contributed by atoms with E-state index in [4.69, 9.17) is 18.9 Å². The van der Waals surface area contributed by atoms with Crippen molar-refractivity contribution in [2.45, 2.75) is 86.9 Å². The zero-order valence-electron chi connectivity index (χ0n) is 38.9. The summed E-state index contributed by atoms with van der Waals surface area (Å²) in [4.78, 5) is 0. The molecule has 0 fully saturated rings. The molecule has 59 heavy (non-hydrogen) atoms. The van der Waals surface area contributed by atoms with Crippen LogP contribution < -0.4 is 9.47 Å². The van der Waals surface area contributed by atoms with Gasteiger partial charge in [-0.2, -0.15) is 11.8 Å². The van der Waals surface area contributed by atoms with E-state index in [2.05, 4.69) is 149 Å². The molecule has 0 amide bonds. The lowest BCUT2D eigenvalue weighted by molar-refractivity contribution is 0.185. The number of ether oxygens (including phenoxy) is 5. The monoisotopic (exact) mass is 825 g/mol. The Morgan fingerprint density at radius 1 is 0.356 bits per heavy atom. The Bertz CT molecular complexity index is 1820. The Balaban J connectivity index is 0.000000718. The lowest BCUT2D eigenvalue weighted by atomic mass is 10.0. The molecule has 0 aliphatic heterocycles. The fourth-order valence-electron chi connectivity index (χ4n) is 5.34. The van der Waals surface area contributed by atoms with Crippen LogP contribution in [0.5, 0.6) is 11.5 Å². The van der Waals surface area contributed by atoms with Crippen molar-refractivity contribution in [1.82, 2.24) is 0 Å². The number of hydrogen-bond acceptors (Lipinski definition) is 6. The molecule has 0 spiro atoms. The first kappa shape index (κ1) is 54.7. The third kappa shape index (κ3) is 23.8. The minimum absolute atomic E-state index is 0.686. The number of hydrogen-bond donors (Lipinski definition) is 0. The van der Waals surface area contributed by atoms with Gasteiger partial charge in [0, 0.05) is 28.4 Å². The third-order valence-corrected chi connectivity index (χ3v) is 8.52. The van der Waals surface area contributed by atoms with Crippen LogP contribution in [0, 0.1) is 0 Å². The first-order valence-electron chi connectivity index (χ1n) is 20.7. The van der Waals surface area contributed by atoms with E-state index in [0.717, 1.165) is 37.2 Å². The number of aryl methyl sites for hydroxylation is 4. The topological polar surface area (TPSA) is 46.2 Å². The van der Waals surface area contributed by atoms with E-state index in [1.54, 1.807) is 54.4 Å². The van der Waals surface area contributed by atoms with Gasteiger partial charge in [-0.05, 0) is 123 Å². The SMILES string of the molecule is CCC.CCc1ccc(COC)cc1.CCc1ccc(OC)cc1.CCc1ccc2cc(COC)ccc2c1.CCc1ccc2cc(OC)ccc2c1.COC.CSC. The molecule has 0 saturated heterocycles. The van der Waals surface area contributed by atoms with Crippen LogP contribution in [-0.2, 0) is 53.1 Å². The summed E-state index contributed by atoms with van der Waals surface area (Å²) in [7, 11) is 10.1. The third-order valence-electron chi connectivity index (χ3n) is 8.52. The Kier molecular flexibility index (Phi) is 33.0. The van der Waals surface area contributed by atoms with Crippen molar-refractivity contribution < 1.29 is 23.7 Å². The molecule has 0 atom stereocenters. The molecule has 6 aromatic rings. The number of benzene rings is 6. The molecule has 0 heterocycles. The van der Waals surface area contributed by atoms with Crippen molar-refractivity contribution in [2.24, 2.45) is 0 Å². The predicted octanol–water partition coefficient (Wildman–Crippen LogP) is 14.3. The molecule has 0 radical (unpaired) electrons. The van der Waals surface area contributed by atoms with Gasteiger partial charge in [0.2, 0.25) is 0 Å². The molecule has 6 rings (SSSR count). The summed E-state index contributed by atoms with van der Waals surface area (Å²) in [6.07, 6.45) is 9.70. The molecule has 6 heteroatoms. The van der Waals surface area contributed by atoms with Crippen molar-refractivity contribution in [2.75, 3.05) is 55.2 Å². The summed E-state index contributed by atoms with van der Waals surface area (Å²) in [5.41, 5.74) is 7.97. The number of rotatable bonds is 10. The second-order valence-electron chi connectivity index (χ2n) is 13.5. The van der Waals surface area contributed by atoms with E-state index in [1.165, 1.54) is 61.3 Å². The molecule has 0 aliphatic rings. The molecule has 5 nitrogen and oxygen atoms in total. The molecule has 0 unspecified atom stereocenters. The maximum absolute atomic E-state index is 5.18. The largest absolute Gasteiger partial charge is 0.497 e. The molecule has 0 saturated carbocycles. The second kappa shape index (κ2) is 35.6. The Hall–Kier alpha value is -4.33. The molecular formula is C53H76O5S. The molecule has 0 N–H and O–H groups in total. The second-order valence-corrected chi connectivity index (χ2v) is 14.3. The van der Waals surface area contributed by atoms with Crippen molar-refractivity contribution >= 4 is 33.3 Å². The molecule has 0 aromatic heterocycles. The smallest absolute Gasteiger partial charge is 0.119 e. The molecule has 324 valence electrons. The van der Waals surface area contributed by atoms with Gasteiger partial charge in [0.05, 0.1) is 27.4 Å². The summed E-state index contributed by atoms with van der Waals surface area (Å²) in [5, 5.41) is 5.13. The summed E-state index contributed by atoms with van der Waals surface area (Å²) in [6.45, 7) is 14.3. The van der Waals surface area contributed by atoms with Gasteiger partial charge in [-0.15, -0.1) is 0 Å². The maximum atomic E-state index is 5.18. The van der Waals surface area contributed by atoms with Crippen LogP contribution in [0.15, 0.2) is 121 Å². The average Bonchev–Trinajstić information content (AvgIpc) is 3.28. The van der Waals surface area contributed by atoms with Crippen LogP contribution in [0.2, 0.25) is 0 Å². The van der Waals surface area contributed by atoms with Crippen molar-refractivity contribution in [3.63, 3.8) is 0 Å². The number of fused-ring (bicyclic) bond motifs is 2. The Labute approximate surface area is 363 Å². The van der Waals surface area contributed by atoms with Gasteiger partial charge in [0.15, 0.2) is 0 Å². The quantitative estimate of drug-likeness (QED) is 0.137. The highest BCUT2D eigenvalue weighted by Gasteiger charge is 1.99. The van der Waals surface area contributed by atoms with Crippen molar-refractivity contribution in [3.8, 4) is 11.5 Å². The van der Waals surface area contributed by atoms with Crippen LogP contribution >= 0.6 is 11.8 Å². The van der Waals surface area contributed by atoms with E-state index in [0.29, 0.717) is 13.2 Å². The van der Waals surface area contributed by atoms with E-state index in [9.17, 15) is 0 Å². The van der Waals surface area contributed by atoms with Crippen LogP contribution in [0.4, 0.5) is 0 Å². The normalized spacial score (nSPS) is 9.59. The highest BCUT2D eigenvalue weighted by atomic mass is 32.2. The summed E-state index contributed by atoms with van der Waals surface area (Å²) < 4.78 is 24.6. The van der Waals surface area contributed by atoms with Crippen LogP contribution in [0.1, 0.15) is 81.3 Å². The summed E-state index contributed by atoms with van der Waals surface area (Å²) >= 11 is 1.75.